The van der Waals surface area contributed by atoms with Gasteiger partial charge in [0.15, 0.2) is 0 Å². The van der Waals surface area contributed by atoms with Crippen molar-refractivity contribution in [1.82, 2.24) is 4.90 Å². The number of hydrogen-bond donors (Lipinski definition) is 1. The topological polar surface area (TPSA) is 3.24 Å². The van der Waals surface area contributed by atoms with Crippen LogP contribution in [0.25, 0.3) is 0 Å². The summed E-state index contributed by atoms with van der Waals surface area (Å²) in [6, 6.07) is 8.52. The highest BCUT2D eigenvalue weighted by molar-refractivity contribution is 7.80. The van der Waals surface area contributed by atoms with E-state index < -0.39 is 0 Å². The Morgan fingerprint density at radius 3 is 2.62 bits per heavy atom. The number of aryl methyl sites for hydroxylation is 1. The van der Waals surface area contributed by atoms with Crippen LogP contribution in [0.4, 0.5) is 0 Å². The van der Waals surface area contributed by atoms with Crippen molar-refractivity contribution in [2.45, 2.75) is 13.5 Å². The van der Waals surface area contributed by atoms with Crippen LogP contribution < -0.4 is 0 Å². The number of thiol groups is 1. The molecule has 0 saturated carbocycles. The van der Waals surface area contributed by atoms with Gasteiger partial charge in [0.05, 0.1) is 0 Å². The largest absolute Gasteiger partial charge is 0.301 e. The van der Waals surface area contributed by atoms with Gasteiger partial charge in [-0.3, -0.25) is 0 Å². The molecule has 0 spiro atoms. The first-order valence-electron chi connectivity index (χ1n) is 4.58. The third-order valence-electron chi connectivity index (χ3n) is 2.18. The second-order valence-corrected chi connectivity index (χ2v) is 3.84. The molecule has 0 unspecified atom stereocenters. The summed E-state index contributed by atoms with van der Waals surface area (Å²) in [5.41, 5.74) is 2.78. The van der Waals surface area contributed by atoms with E-state index in [1.165, 1.54) is 11.1 Å². The molecule has 0 fully saturated rings. The SMILES string of the molecule is Cc1ccccc1CN(C)CCS. The highest BCUT2D eigenvalue weighted by atomic mass is 32.1. The maximum absolute atomic E-state index is 4.21. The van der Waals surface area contributed by atoms with Crippen molar-refractivity contribution in [3.05, 3.63) is 35.4 Å². The van der Waals surface area contributed by atoms with Crippen LogP contribution in [0.15, 0.2) is 24.3 Å². The van der Waals surface area contributed by atoms with E-state index in [1.807, 2.05) is 0 Å². The van der Waals surface area contributed by atoms with Crippen molar-refractivity contribution >= 4 is 12.6 Å². The zero-order valence-corrected chi connectivity index (χ0v) is 9.22. The van der Waals surface area contributed by atoms with Gasteiger partial charge in [0.2, 0.25) is 0 Å². The van der Waals surface area contributed by atoms with Crippen LogP contribution in [0.3, 0.4) is 0 Å². The average molecular weight is 195 g/mol. The first-order valence-corrected chi connectivity index (χ1v) is 5.21. The van der Waals surface area contributed by atoms with Gasteiger partial charge in [-0.05, 0) is 25.1 Å². The van der Waals surface area contributed by atoms with Gasteiger partial charge in [-0.1, -0.05) is 24.3 Å². The fourth-order valence-corrected chi connectivity index (χ4v) is 1.67. The monoisotopic (exact) mass is 195 g/mol. The van der Waals surface area contributed by atoms with E-state index in [-0.39, 0.29) is 0 Å². The molecule has 13 heavy (non-hydrogen) atoms. The Morgan fingerprint density at radius 1 is 1.31 bits per heavy atom. The average Bonchev–Trinajstić information content (AvgIpc) is 2.09. The van der Waals surface area contributed by atoms with Gasteiger partial charge in [-0.15, -0.1) is 0 Å². The first-order chi connectivity index (χ1) is 6.24. The van der Waals surface area contributed by atoms with Gasteiger partial charge in [0.1, 0.15) is 0 Å². The second kappa shape index (κ2) is 5.30. The molecular weight excluding hydrogens is 178 g/mol. The quantitative estimate of drug-likeness (QED) is 0.722. The third-order valence-corrected chi connectivity index (χ3v) is 2.38. The molecule has 0 N–H and O–H groups in total. The van der Waals surface area contributed by atoms with Gasteiger partial charge in [-0.2, -0.15) is 12.6 Å². The minimum atomic E-state index is 0.919. The Morgan fingerprint density at radius 2 is 2.00 bits per heavy atom. The summed E-state index contributed by atoms with van der Waals surface area (Å²) in [5.74, 6) is 0.919. The lowest BCUT2D eigenvalue weighted by atomic mass is 10.1. The van der Waals surface area contributed by atoms with Gasteiger partial charge >= 0.3 is 0 Å². The number of rotatable bonds is 4. The van der Waals surface area contributed by atoms with E-state index in [2.05, 4.69) is 55.8 Å². The third kappa shape index (κ3) is 3.41. The van der Waals surface area contributed by atoms with E-state index in [4.69, 9.17) is 0 Å². The lowest BCUT2D eigenvalue weighted by Crippen LogP contribution is -2.20. The lowest BCUT2D eigenvalue weighted by molar-refractivity contribution is 0.348. The minimum Gasteiger partial charge on any atom is -0.301 e. The van der Waals surface area contributed by atoms with E-state index in [1.54, 1.807) is 0 Å². The van der Waals surface area contributed by atoms with Crippen LogP contribution in [-0.4, -0.2) is 24.2 Å². The Bertz CT molecular complexity index is 260. The number of benzene rings is 1. The molecule has 0 bridgehead atoms. The molecule has 1 nitrogen and oxygen atoms in total. The molecule has 1 aromatic rings. The smallest absolute Gasteiger partial charge is 0.0233 e. The summed E-state index contributed by atoms with van der Waals surface area (Å²) < 4.78 is 0. The molecule has 0 aliphatic heterocycles. The Labute approximate surface area is 86.2 Å². The lowest BCUT2D eigenvalue weighted by Gasteiger charge is -2.16. The van der Waals surface area contributed by atoms with E-state index in [9.17, 15) is 0 Å². The summed E-state index contributed by atoms with van der Waals surface area (Å²) in [6.45, 7) is 4.22. The van der Waals surface area contributed by atoms with Crippen LogP contribution in [0.5, 0.6) is 0 Å². The molecule has 0 heterocycles. The summed E-state index contributed by atoms with van der Waals surface area (Å²) >= 11 is 4.21. The molecule has 0 aromatic heterocycles. The highest BCUT2D eigenvalue weighted by Gasteiger charge is 2.00. The molecule has 0 saturated heterocycles. The predicted molar refractivity (Wildman–Crippen MR) is 61.4 cm³/mol. The number of hydrogen-bond acceptors (Lipinski definition) is 2. The molecule has 1 aromatic carbocycles. The Balaban J connectivity index is 2.58. The summed E-state index contributed by atoms with van der Waals surface area (Å²) in [7, 11) is 2.13. The molecule has 72 valence electrons. The van der Waals surface area contributed by atoms with Crippen LogP contribution in [0.2, 0.25) is 0 Å². The van der Waals surface area contributed by atoms with Crippen LogP contribution in [0, 0.1) is 6.92 Å². The molecule has 0 radical (unpaired) electrons. The number of nitrogens with zero attached hydrogens (tertiary/aromatic N) is 1. The van der Waals surface area contributed by atoms with Crippen LogP contribution >= 0.6 is 12.6 Å². The van der Waals surface area contributed by atoms with Gasteiger partial charge in [-0.25, -0.2) is 0 Å². The Kier molecular flexibility index (Phi) is 4.33. The molecule has 2 heteroatoms. The van der Waals surface area contributed by atoms with Gasteiger partial charge < -0.3 is 4.90 Å². The van der Waals surface area contributed by atoms with Crippen molar-refractivity contribution in [2.24, 2.45) is 0 Å². The second-order valence-electron chi connectivity index (χ2n) is 3.39. The van der Waals surface area contributed by atoms with E-state index >= 15 is 0 Å². The summed E-state index contributed by atoms with van der Waals surface area (Å²) in [4.78, 5) is 2.29. The fraction of sp³-hybridized carbons (Fsp3) is 0.455. The van der Waals surface area contributed by atoms with Crippen LogP contribution in [-0.2, 0) is 6.54 Å². The molecular formula is C11H17NS. The van der Waals surface area contributed by atoms with Crippen molar-refractivity contribution in [1.29, 1.82) is 0 Å². The molecule has 0 atom stereocenters. The summed E-state index contributed by atoms with van der Waals surface area (Å²) in [5, 5.41) is 0. The van der Waals surface area contributed by atoms with Crippen molar-refractivity contribution in [3.63, 3.8) is 0 Å². The van der Waals surface area contributed by atoms with Gasteiger partial charge in [0.25, 0.3) is 0 Å². The Hall–Kier alpha value is -0.470. The fourth-order valence-electron chi connectivity index (χ4n) is 1.33. The maximum atomic E-state index is 4.21. The molecule has 1 rings (SSSR count). The van der Waals surface area contributed by atoms with E-state index in [0.717, 1.165) is 18.8 Å². The van der Waals surface area contributed by atoms with Crippen LogP contribution in [0.1, 0.15) is 11.1 Å². The highest BCUT2D eigenvalue weighted by Crippen LogP contribution is 2.08. The predicted octanol–water partition coefficient (Wildman–Crippen LogP) is 2.36. The maximum Gasteiger partial charge on any atom is 0.0233 e. The zero-order chi connectivity index (χ0) is 9.68. The van der Waals surface area contributed by atoms with Crippen molar-refractivity contribution in [3.8, 4) is 0 Å². The molecule has 0 aliphatic carbocycles. The normalized spacial score (nSPS) is 10.8. The van der Waals surface area contributed by atoms with Gasteiger partial charge in [0, 0.05) is 18.8 Å². The standard InChI is InChI=1S/C11H17NS/c1-10-5-3-4-6-11(10)9-12(2)7-8-13/h3-6,13H,7-9H2,1-2H3. The van der Waals surface area contributed by atoms with Crippen molar-refractivity contribution in [2.75, 3.05) is 19.3 Å². The zero-order valence-electron chi connectivity index (χ0n) is 8.33. The molecule has 0 amide bonds. The van der Waals surface area contributed by atoms with Crippen molar-refractivity contribution < 1.29 is 0 Å². The van der Waals surface area contributed by atoms with E-state index in [0.29, 0.717) is 0 Å². The molecule has 0 aliphatic rings. The minimum absolute atomic E-state index is 0.919. The first kappa shape index (κ1) is 10.6. The summed E-state index contributed by atoms with van der Waals surface area (Å²) in [6.07, 6.45) is 0.